The van der Waals surface area contributed by atoms with Crippen LogP contribution in [0.4, 0.5) is 17.6 Å². The van der Waals surface area contributed by atoms with Crippen molar-refractivity contribution in [2.75, 3.05) is 7.11 Å². The fourth-order valence-corrected chi connectivity index (χ4v) is 3.43. The lowest BCUT2D eigenvalue weighted by atomic mass is 10.2. The minimum Gasteiger partial charge on any atom is -0.473 e. The van der Waals surface area contributed by atoms with Gasteiger partial charge in [-0.2, -0.15) is 18.2 Å². The number of nitrogens with zero attached hydrogens (tertiary/aromatic N) is 4. The predicted molar refractivity (Wildman–Crippen MR) is 124 cm³/mol. The van der Waals surface area contributed by atoms with E-state index in [4.69, 9.17) is 25.8 Å². The number of aromatic nitrogens is 4. The van der Waals surface area contributed by atoms with E-state index in [2.05, 4.69) is 15.0 Å². The van der Waals surface area contributed by atoms with Crippen molar-refractivity contribution < 1.29 is 31.8 Å². The molecule has 0 spiro atoms. The molecule has 0 saturated carbocycles. The van der Waals surface area contributed by atoms with Gasteiger partial charge in [-0.3, -0.25) is 4.57 Å². The molecule has 2 aromatic carbocycles. The topological polar surface area (TPSA) is 88.4 Å². The first-order valence-corrected chi connectivity index (χ1v) is 10.8. The molecule has 0 radical (unpaired) electrons. The van der Waals surface area contributed by atoms with Gasteiger partial charge < -0.3 is 14.2 Å². The molecule has 8 nitrogen and oxygen atoms in total. The summed E-state index contributed by atoms with van der Waals surface area (Å²) in [5.41, 5.74) is -0.405. The second kappa shape index (κ2) is 10.4. The van der Waals surface area contributed by atoms with E-state index in [0.717, 1.165) is 12.1 Å². The van der Waals surface area contributed by atoms with Gasteiger partial charge in [0.25, 0.3) is 0 Å². The molecule has 0 fully saturated rings. The number of hydrogen-bond donors (Lipinski definition) is 0. The van der Waals surface area contributed by atoms with Crippen LogP contribution in [0.3, 0.4) is 0 Å². The second-order valence-corrected chi connectivity index (χ2v) is 7.98. The highest BCUT2D eigenvalue weighted by Gasteiger charge is 2.33. The fourth-order valence-electron chi connectivity index (χ4n) is 3.21. The van der Waals surface area contributed by atoms with Gasteiger partial charge in [0, 0.05) is 31.1 Å². The summed E-state index contributed by atoms with van der Waals surface area (Å²) in [4.78, 5) is 24.2. The summed E-state index contributed by atoms with van der Waals surface area (Å²) >= 11 is 5.60. The SMILES string of the molecule is COc1ncc(-c2cc(OCc3ccc(Oc4ccc(Cl)c(C(F)(F)F)c4)c(F)c3)nc(=O)n2C)cn1. The molecule has 0 amide bonds. The number of methoxy groups -OCH3 is 1. The van der Waals surface area contributed by atoms with Gasteiger partial charge in [-0.25, -0.2) is 19.2 Å². The van der Waals surface area contributed by atoms with E-state index >= 15 is 0 Å². The van der Waals surface area contributed by atoms with Crippen LogP contribution in [-0.4, -0.2) is 26.6 Å². The molecule has 0 aliphatic carbocycles. The molecule has 2 aromatic heterocycles. The normalized spacial score (nSPS) is 11.3. The predicted octanol–water partition coefficient (Wildman–Crippen LogP) is 5.43. The van der Waals surface area contributed by atoms with Crippen LogP contribution in [0, 0.1) is 5.82 Å². The zero-order valence-corrected chi connectivity index (χ0v) is 20.0. The van der Waals surface area contributed by atoms with Crippen molar-refractivity contribution in [3.63, 3.8) is 0 Å². The molecule has 4 rings (SSSR count). The molecule has 0 aliphatic heterocycles. The molecule has 0 bridgehead atoms. The van der Waals surface area contributed by atoms with Gasteiger partial charge in [0.1, 0.15) is 12.4 Å². The van der Waals surface area contributed by atoms with Crippen molar-refractivity contribution in [3.05, 3.63) is 87.3 Å². The van der Waals surface area contributed by atoms with Crippen LogP contribution in [0.5, 0.6) is 23.4 Å². The Hall–Kier alpha value is -4.19. The Morgan fingerprint density at radius 2 is 1.78 bits per heavy atom. The summed E-state index contributed by atoms with van der Waals surface area (Å²) < 4.78 is 70.9. The average molecular weight is 537 g/mol. The standard InChI is InChI=1S/C24H17ClF4N4O4/c1-33-19(14-10-30-22(35-2)31-11-14)9-21(32-23(33)34)36-12-13-3-6-20(18(26)7-13)37-15-4-5-17(25)16(8-15)24(27,28)29/h3-11H,12H2,1-2H3. The maximum atomic E-state index is 14.6. The number of rotatable bonds is 7. The molecule has 4 aromatic rings. The highest BCUT2D eigenvalue weighted by Crippen LogP contribution is 2.38. The molecule has 0 unspecified atom stereocenters. The van der Waals surface area contributed by atoms with E-state index in [1.165, 1.54) is 55.4 Å². The zero-order chi connectivity index (χ0) is 26.7. The largest absolute Gasteiger partial charge is 0.473 e. The highest BCUT2D eigenvalue weighted by molar-refractivity contribution is 6.31. The lowest BCUT2D eigenvalue weighted by Crippen LogP contribution is -2.22. The molecule has 0 aliphatic rings. The Balaban J connectivity index is 1.50. The first-order chi connectivity index (χ1) is 17.5. The van der Waals surface area contributed by atoms with Crippen molar-refractivity contribution in [3.8, 4) is 34.6 Å². The lowest BCUT2D eigenvalue weighted by molar-refractivity contribution is -0.137. The Morgan fingerprint density at radius 1 is 1.05 bits per heavy atom. The van der Waals surface area contributed by atoms with Crippen LogP contribution in [0.15, 0.2) is 59.7 Å². The van der Waals surface area contributed by atoms with Crippen LogP contribution in [0.1, 0.15) is 11.1 Å². The van der Waals surface area contributed by atoms with E-state index in [0.29, 0.717) is 22.9 Å². The van der Waals surface area contributed by atoms with Crippen molar-refractivity contribution in [1.29, 1.82) is 0 Å². The molecule has 192 valence electrons. The van der Waals surface area contributed by atoms with Gasteiger partial charge >= 0.3 is 17.9 Å². The molecular formula is C24H17ClF4N4O4. The van der Waals surface area contributed by atoms with E-state index in [-0.39, 0.29) is 30.0 Å². The molecular weight excluding hydrogens is 520 g/mol. The molecule has 0 saturated heterocycles. The fraction of sp³-hybridized carbons (Fsp3) is 0.167. The van der Waals surface area contributed by atoms with Gasteiger partial charge in [0.05, 0.1) is 23.4 Å². The maximum Gasteiger partial charge on any atom is 0.417 e. The van der Waals surface area contributed by atoms with E-state index in [9.17, 15) is 22.4 Å². The Bertz CT molecular complexity index is 1490. The second-order valence-electron chi connectivity index (χ2n) is 7.57. The van der Waals surface area contributed by atoms with Crippen molar-refractivity contribution in [2.45, 2.75) is 12.8 Å². The minimum absolute atomic E-state index is 0.0181. The minimum atomic E-state index is -4.69. The summed E-state index contributed by atoms with van der Waals surface area (Å²) in [7, 11) is 2.94. The number of alkyl halides is 3. The van der Waals surface area contributed by atoms with Gasteiger partial charge in [0.15, 0.2) is 11.6 Å². The number of halogens is 5. The smallest absolute Gasteiger partial charge is 0.417 e. The van der Waals surface area contributed by atoms with E-state index in [1.54, 1.807) is 0 Å². The van der Waals surface area contributed by atoms with Gasteiger partial charge in [0.2, 0.25) is 5.88 Å². The molecule has 0 N–H and O–H groups in total. The summed E-state index contributed by atoms with van der Waals surface area (Å²) in [5.74, 6) is -1.39. The Labute approximate surface area is 212 Å². The maximum absolute atomic E-state index is 14.6. The van der Waals surface area contributed by atoms with Crippen LogP contribution in [-0.2, 0) is 19.8 Å². The zero-order valence-electron chi connectivity index (χ0n) is 19.2. The van der Waals surface area contributed by atoms with Crippen molar-refractivity contribution in [1.82, 2.24) is 19.5 Å². The number of benzene rings is 2. The lowest BCUT2D eigenvalue weighted by Gasteiger charge is -2.13. The summed E-state index contributed by atoms with van der Waals surface area (Å²) in [6.07, 6.45) is -1.75. The van der Waals surface area contributed by atoms with Gasteiger partial charge in [-0.05, 0) is 35.9 Å². The third-order valence-corrected chi connectivity index (χ3v) is 5.40. The quantitative estimate of drug-likeness (QED) is 0.291. The van der Waals surface area contributed by atoms with Crippen molar-refractivity contribution >= 4 is 11.6 Å². The van der Waals surface area contributed by atoms with Crippen LogP contribution >= 0.6 is 11.6 Å². The molecule has 37 heavy (non-hydrogen) atoms. The summed E-state index contributed by atoms with van der Waals surface area (Å²) in [6.45, 7) is -0.158. The monoisotopic (exact) mass is 536 g/mol. The number of ether oxygens (including phenoxy) is 3. The highest BCUT2D eigenvalue weighted by atomic mass is 35.5. The molecule has 2 heterocycles. The van der Waals surface area contributed by atoms with Crippen LogP contribution in [0.2, 0.25) is 5.02 Å². The van der Waals surface area contributed by atoms with Crippen molar-refractivity contribution in [2.24, 2.45) is 7.05 Å². The van der Waals surface area contributed by atoms with Gasteiger partial charge in [-0.1, -0.05) is 17.7 Å². The Morgan fingerprint density at radius 3 is 2.43 bits per heavy atom. The van der Waals surface area contributed by atoms with E-state index < -0.39 is 28.3 Å². The first kappa shape index (κ1) is 25.9. The molecule has 0 atom stereocenters. The van der Waals surface area contributed by atoms with Crippen LogP contribution in [0.25, 0.3) is 11.3 Å². The van der Waals surface area contributed by atoms with Gasteiger partial charge in [-0.15, -0.1) is 0 Å². The first-order valence-electron chi connectivity index (χ1n) is 10.5. The van der Waals surface area contributed by atoms with Crippen LogP contribution < -0.4 is 19.9 Å². The third kappa shape index (κ3) is 5.97. The summed E-state index contributed by atoms with van der Waals surface area (Å²) in [5, 5.41) is -0.500. The summed E-state index contributed by atoms with van der Waals surface area (Å²) in [6, 6.07) is 8.35. The molecule has 13 heteroatoms. The Kier molecular flexibility index (Phi) is 7.30. The average Bonchev–Trinajstić information content (AvgIpc) is 2.86. The third-order valence-electron chi connectivity index (χ3n) is 5.07. The van der Waals surface area contributed by atoms with E-state index in [1.807, 2.05) is 0 Å². The number of hydrogen-bond acceptors (Lipinski definition) is 7.